The predicted octanol–water partition coefficient (Wildman–Crippen LogP) is 2.43. The summed E-state index contributed by atoms with van der Waals surface area (Å²) in [7, 11) is 1.31. The summed E-state index contributed by atoms with van der Waals surface area (Å²) in [6.07, 6.45) is 1.09. The lowest BCUT2D eigenvalue weighted by atomic mass is 10.2. The van der Waals surface area contributed by atoms with Crippen molar-refractivity contribution in [2.24, 2.45) is 10.9 Å². The molecular weight excluding hydrogens is 230 g/mol. The van der Waals surface area contributed by atoms with E-state index >= 15 is 0 Å². The van der Waals surface area contributed by atoms with Gasteiger partial charge in [0.2, 0.25) is 0 Å². The Morgan fingerprint density at radius 3 is 2.64 bits per heavy atom. The first-order chi connectivity index (χ1) is 6.61. The molecule has 0 aliphatic carbocycles. The molecule has 0 unspecified atom stereocenters. The van der Waals surface area contributed by atoms with E-state index < -0.39 is 5.82 Å². The minimum atomic E-state index is -0.681. The monoisotopic (exact) mass is 236 g/mol. The van der Waals surface area contributed by atoms with Crippen LogP contribution < -0.4 is 10.6 Å². The fraction of sp³-hybridized carbons (Fsp3) is 0.125. The molecule has 1 aromatic carbocycles. The molecule has 0 aliphatic rings. The first kappa shape index (κ1) is 11.1. The summed E-state index contributed by atoms with van der Waals surface area (Å²) in [5, 5.41) is 3.41. The van der Waals surface area contributed by atoms with Crippen LogP contribution in [0.25, 0.3) is 0 Å². The molecule has 0 amide bonds. The summed E-state index contributed by atoms with van der Waals surface area (Å²) >= 11 is 11.4. The van der Waals surface area contributed by atoms with Crippen LogP contribution in [0, 0.1) is 5.82 Å². The van der Waals surface area contributed by atoms with E-state index in [1.54, 1.807) is 0 Å². The van der Waals surface area contributed by atoms with Crippen molar-refractivity contribution in [2.75, 3.05) is 7.11 Å². The van der Waals surface area contributed by atoms with Gasteiger partial charge in [-0.2, -0.15) is 5.10 Å². The second-order valence-corrected chi connectivity index (χ2v) is 3.19. The van der Waals surface area contributed by atoms with Gasteiger partial charge in [-0.15, -0.1) is 0 Å². The number of nitrogens with zero attached hydrogens (tertiary/aromatic N) is 1. The average Bonchev–Trinajstić information content (AvgIpc) is 2.12. The third kappa shape index (κ3) is 1.91. The Labute approximate surface area is 90.3 Å². The fourth-order valence-electron chi connectivity index (χ4n) is 0.967. The van der Waals surface area contributed by atoms with E-state index in [9.17, 15) is 4.39 Å². The van der Waals surface area contributed by atoms with Crippen LogP contribution in [0.4, 0.5) is 4.39 Å². The highest BCUT2D eigenvalue weighted by Gasteiger charge is 2.15. The third-order valence-electron chi connectivity index (χ3n) is 1.57. The molecular formula is C8H7Cl2FN2O. The normalized spacial score (nSPS) is 10.9. The van der Waals surface area contributed by atoms with Gasteiger partial charge < -0.3 is 10.6 Å². The molecule has 0 heterocycles. The standard InChI is InChI=1S/C8H7Cl2FN2O/c1-14-8-6(10)2-5(9)4(3-13-12)7(8)11/h2-3H,12H2,1H3. The molecule has 1 rings (SSSR count). The minimum absolute atomic E-state index is 0.0513. The largest absolute Gasteiger partial charge is 0.492 e. The van der Waals surface area contributed by atoms with Crippen molar-refractivity contribution in [3.8, 4) is 5.75 Å². The molecule has 0 aliphatic heterocycles. The lowest BCUT2D eigenvalue weighted by Crippen LogP contribution is -1.97. The molecule has 1 aromatic rings. The molecule has 0 atom stereocenters. The van der Waals surface area contributed by atoms with Crippen molar-refractivity contribution in [3.63, 3.8) is 0 Å². The molecule has 0 fully saturated rings. The van der Waals surface area contributed by atoms with Gasteiger partial charge in [0.25, 0.3) is 0 Å². The second-order valence-electron chi connectivity index (χ2n) is 2.38. The Balaban J connectivity index is 3.43. The molecule has 14 heavy (non-hydrogen) atoms. The van der Waals surface area contributed by atoms with Gasteiger partial charge in [-0.1, -0.05) is 23.2 Å². The van der Waals surface area contributed by atoms with E-state index in [0.717, 1.165) is 6.21 Å². The van der Waals surface area contributed by atoms with Crippen LogP contribution in [-0.4, -0.2) is 13.3 Å². The van der Waals surface area contributed by atoms with E-state index in [0.29, 0.717) is 0 Å². The van der Waals surface area contributed by atoms with Crippen molar-refractivity contribution in [2.45, 2.75) is 0 Å². The lowest BCUT2D eigenvalue weighted by molar-refractivity contribution is 0.386. The number of halogens is 3. The molecule has 0 spiro atoms. The fourth-order valence-corrected chi connectivity index (χ4v) is 1.53. The summed E-state index contributed by atoms with van der Waals surface area (Å²) < 4.78 is 18.3. The Kier molecular flexibility index (Phi) is 3.55. The molecule has 2 N–H and O–H groups in total. The zero-order valence-electron chi connectivity index (χ0n) is 7.22. The summed E-state index contributed by atoms with van der Waals surface area (Å²) in [6, 6.07) is 1.36. The highest BCUT2D eigenvalue weighted by molar-refractivity contribution is 6.37. The third-order valence-corrected chi connectivity index (χ3v) is 2.16. The summed E-state index contributed by atoms with van der Waals surface area (Å²) in [5.41, 5.74) is 0.0513. The minimum Gasteiger partial charge on any atom is -0.492 e. The average molecular weight is 237 g/mol. The number of hydrazone groups is 1. The van der Waals surface area contributed by atoms with E-state index in [4.69, 9.17) is 33.8 Å². The first-order valence-corrected chi connectivity index (χ1v) is 4.32. The van der Waals surface area contributed by atoms with Gasteiger partial charge in [-0.05, 0) is 6.07 Å². The molecule has 6 heteroatoms. The number of hydrogen-bond donors (Lipinski definition) is 1. The molecule has 0 saturated heterocycles. The Bertz CT molecular complexity index is 382. The van der Waals surface area contributed by atoms with Gasteiger partial charge in [0, 0.05) is 0 Å². The highest BCUT2D eigenvalue weighted by Crippen LogP contribution is 2.33. The summed E-state index contributed by atoms with van der Waals surface area (Å²) in [6.45, 7) is 0. The van der Waals surface area contributed by atoms with E-state index in [-0.39, 0.29) is 21.4 Å². The number of methoxy groups -OCH3 is 1. The van der Waals surface area contributed by atoms with Gasteiger partial charge in [-0.3, -0.25) is 0 Å². The number of ether oxygens (including phenoxy) is 1. The maximum Gasteiger partial charge on any atom is 0.176 e. The summed E-state index contributed by atoms with van der Waals surface area (Å²) in [4.78, 5) is 0. The number of nitrogens with two attached hydrogens (primary N) is 1. The van der Waals surface area contributed by atoms with Crippen LogP contribution in [0.3, 0.4) is 0 Å². The molecule has 3 nitrogen and oxygen atoms in total. The van der Waals surface area contributed by atoms with E-state index in [1.807, 2.05) is 0 Å². The predicted molar refractivity (Wildman–Crippen MR) is 54.8 cm³/mol. The van der Waals surface area contributed by atoms with Crippen molar-refractivity contribution >= 4 is 29.4 Å². The Morgan fingerprint density at radius 1 is 1.50 bits per heavy atom. The van der Waals surface area contributed by atoms with Crippen molar-refractivity contribution < 1.29 is 9.13 Å². The summed E-state index contributed by atoms with van der Waals surface area (Å²) in [5.74, 6) is 4.14. The van der Waals surface area contributed by atoms with Crippen molar-refractivity contribution in [3.05, 3.63) is 27.5 Å². The van der Waals surface area contributed by atoms with Crippen LogP contribution >= 0.6 is 23.2 Å². The molecule has 0 saturated carbocycles. The molecule has 0 aromatic heterocycles. The van der Waals surface area contributed by atoms with Gasteiger partial charge in [-0.25, -0.2) is 4.39 Å². The van der Waals surface area contributed by atoms with E-state index in [2.05, 4.69) is 5.10 Å². The number of benzene rings is 1. The smallest absolute Gasteiger partial charge is 0.176 e. The van der Waals surface area contributed by atoms with Crippen molar-refractivity contribution in [1.82, 2.24) is 0 Å². The maximum absolute atomic E-state index is 13.5. The molecule has 0 bridgehead atoms. The highest BCUT2D eigenvalue weighted by atomic mass is 35.5. The van der Waals surface area contributed by atoms with Gasteiger partial charge in [0.15, 0.2) is 11.6 Å². The van der Waals surface area contributed by atoms with Crippen LogP contribution in [0.1, 0.15) is 5.56 Å². The van der Waals surface area contributed by atoms with Crippen LogP contribution in [0.2, 0.25) is 10.0 Å². The molecule has 0 radical (unpaired) electrons. The van der Waals surface area contributed by atoms with Crippen molar-refractivity contribution in [1.29, 1.82) is 0 Å². The first-order valence-electron chi connectivity index (χ1n) is 3.56. The number of rotatable bonds is 2. The van der Waals surface area contributed by atoms with Crippen LogP contribution in [0.15, 0.2) is 11.2 Å². The van der Waals surface area contributed by atoms with Crippen LogP contribution in [-0.2, 0) is 0 Å². The van der Waals surface area contributed by atoms with Gasteiger partial charge in [0.05, 0.1) is 28.9 Å². The topological polar surface area (TPSA) is 47.6 Å². The van der Waals surface area contributed by atoms with E-state index in [1.165, 1.54) is 13.2 Å². The van der Waals surface area contributed by atoms with Gasteiger partial charge >= 0.3 is 0 Å². The van der Waals surface area contributed by atoms with Gasteiger partial charge in [0.1, 0.15) is 0 Å². The lowest BCUT2D eigenvalue weighted by Gasteiger charge is -2.07. The molecule has 76 valence electrons. The maximum atomic E-state index is 13.5. The zero-order valence-corrected chi connectivity index (χ0v) is 8.73. The van der Waals surface area contributed by atoms with Crippen LogP contribution in [0.5, 0.6) is 5.75 Å². The Morgan fingerprint density at radius 2 is 2.14 bits per heavy atom. The second kappa shape index (κ2) is 4.48. The Hall–Kier alpha value is -1.00. The SMILES string of the molecule is COc1c(Cl)cc(Cl)c(C=NN)c1F. The quantitative estimate of drug-likeness (QED) is 0.487. The number of hydrogen-bond acceptors (Lipinski definition) is 3. The zero-order chi connectivity index (χ0) is 10.7.